The molecule has 0 bridgehead atoms. The highest BCUT2D eigenvalue weighted by molar-refractivity contribution is 7.60. The minimum Gasteiger partial charge on any atom is -0.327 e. The van der Waals surface area contributed by atoms with Crippen molar-refractivity contribution in [2.45, 2.75) is 0 Å². The van der Waals surface area contributed by atoms with Crippen LogP contribution in [0.5, 0.6) is 0 Å². The van der Waals surface area contributed by atoms with Crippen molar-refractivity contribution in [2.24, 2.45) is 0 Å². The Morgan fingerprint density at radius 2 is 2.45 bits per heavy atom. The van der Waals surface area contributed by atoms with Crippen molar-refractivity contribution in [2.75, 3.05) is 24.8 Å². The second-order valence-corrected chi connectivity index (χ2v) is 5.76. The summed E-state index contributed by atoms with van der Waals surface area (Å²) in [5, 5.41) is 0.642. The molecule has 1 aliphatic heterocycles. The molecule has 0 aliphatic carbocycles. The van der Waals surface area contributed by atoms with Gasteiger partial charge in [0.15, 0.2) is 0 Å². The van der Waals surface area contributed by atoms with Crippen LogP contribution in [-0.2, 0) is 9.09 Å². The van der Waals surface area contributed by atoms with Crippen LogP contribution in [0.3, 0.4) is 0 Å². The zero-order chi connectivity index (χ0) is 8.32. The van der Waals surface area contributed by atoms with Crippen molar-refractivity contribution in [3.8, 4) is 0 Å². The van der Waals surface area contributed by atoms with Gasteiger partial charge in [0.2, 0.25) is 7.37 Å². The molecule has 0 aromatic rings. The van der Waals surface area contributed by atoms with Crippen LogP contribution in [0.2, 0.25) is 0 Å². The summed E-state index contributed by atoms with van der Waals surface area (Å²) in [5.41, 5.74) is 0. The average molecular weight is 215 g/mol. The lowest BCUT2D eigenvalue weighted by Gasteiger charge is -2.10. The quantitative estimate of drug-likeness (QED) is 0.534. The van der Waals surface area contributed by atoms with Gasteiger partial charge in [-0.05, 0) is 0 Å². The molecule has 0 spiro atoms. The Kier molecular flexibility index (Phi) is 3.45. The van der Waals surface area contributed by atoms with Gasteiger partial charge < -0.3 is 4.52 Å². The van der Waals surface area contributed by atoms with Crippen molar-refractivity contribution < 1.29 is 9.09 Å². The largest absolute Gasteiger partial charge is 0.327 e. The normalized spacial score (nSPS) is 30.5. The van der Waals surface area contributed by atoms with E-state index in [4.69, 9.17) is 27.7 Å². The molecule has 0 amide bonds. The molecule has 0 saturated heterocycles. The molecular weight excluding hydrogens is 206 g/mol. The van der Waals surface area contributed by atoms with Gasteiger partial charge in [0, 0.05) is 17.1 Å². The zero-order valence-electron chi connectivity index (χ0n) is 5.93. The van der Waals surface area contributed by atoms with Gasteiger partial charge in [-0.3, -0.25) is 4.57 Å². The Hall–Kier alpha value is 0.510. The van der Waals surface area contributed by atoms with Crippen molar-refractivity contribution >= 4 is 30.6 Å². The zero-order valence-corrected chi connectivity index (χ0v) is 8.33. The number of alkyl halides is 1. The van der Waals surface area contributed by atoms with Gasteiger partial charge in [-0.25, -0.2) is 0 Å². The maximum Gasteiger partial charge on any atom is 0.212 e. The van der Waals surface area contributed by atoms with E-state index in [1.807, 2.05) is 0 Å². The highest BCUT2D eigenvalue weighted by Crippen LogP contribution is 2.53. The monoisotopic (exact) mass is 214 g/mol. The van der Waals surface area contributed by atoms with Gasteiger partial charge in [0.25, 0.3) is 0 Å². The van der Waals surface area contributed by atoms with Gasteiger partial charge in [0.05, 0.1) is 12.8 Å². The van der Waals surface area contributed by atoms with Crippen LogP contribution in [0.1, 0.15) is 0 Å². The van der Waals surface area contributed by atoms with Gasteiger partial charge >= 0.3 is 0 Å². The first-order valence-electron chi connectivity index (χ1n) is 3.29. The molecular formula is C6H9Cl2O2P. The molecule has 1 rings (SSSR count). The van der Waals surface area contributed by atoms with Gasteiger partial charge in [-0.1, -0.05) is 17.7 Å². The van der Waals surface area contributed by atoms with Gasteiger partial charge in [-0.2, -0.15) is 0 Å². The van der Waals surface area contributed by atoms with E-state index in [2.05, 4.69) is 0 Å². The second-order valence-electron chi connectivity index (χ2n) is 2.33. The summed E-state index contributed by atoms with van der Waals surface area (Å²) < 4.78 is 16.7. The van der Waals surface area contributed by atoms with Crippen molar-refractivity contribution in [3.05, 3.63) is 11.1 Å². The maximum absolute atomic E-state index is 11.6. The summed E-state index contributed by atoms with van der Waals surface area (Å²) >= 11 is 11.0. The molecule has 1 aliphatic rings. The Bertz CT molecular complexity index is 215. The van der Waals surface area contributed by atoms with Crippen LogP contribution in [0.4, 0.5) is 0 Å². The molecule has 0 N–H and O–H groups in total. The predicted molar refractivity (Wildman–Crippen MR) is 47.9 cm³/mol. The molecule has 64 valence electrons. The van der Waals surface area contributed by atoms with Gasteiger partial charge in [-0.15, -0.1) is 11.6 Å². The van der Waals surface area contributed by atoms with E-state index in [0.29, 0.717) is 29.8 Å². The predicted octanol–water partition coefficient (Wildman–Crippen LogP) is 2.66. The first-order chi connectivity index (χ1) is 5.16. The number of hydrogen-bond donors (Lipinski definition) is 0. The van der Waals surface area contributed by atoms with Crippen LogP contribution in [0.15, 0.2) is 11.1 Å². The highest BCUT2D eigenvalue weighted by atomic mass is 35.5. The Balaban J connectivity index is 2.40. The topological polar surface area (TPSA) is 26.3 Å². The highest BCUT2D eigenvalue weighted by Gasteiger charge is 2.27. The van der Waals surface area contributed by atoms with Crippen LogP contribution in [0.25, 0.3) is 0 Å². The van der Waals surface area contributed by atoms with E-state index < -0.39 is 7.37 Å². The second kappa shape index (κ2) is 3.95. The molecule has 2 nitrogen and oxygen atoms in total. The van der Waals surface area contributed by atoms with Crippen molar-refractivity contribution in [1.82, 2.24) is 0 Å². The Labute approximate surface area is 76.0 Å². The van der Waals surface area contributed by atoms with E-state index in [9.17, 15) is 4.57 Å². The van der Waals surface area contributed by atoms with Crippen LogP contribution in [-0.4, -0.2) is 24.8 Å². The summed E-state index contributed by atoms with van der Waals surface area (Å²) in [5.74, 6) is 0.377. The standard InChI is InChI=1S/C6H9Cl2O2P/c7-2-3-10-11(9)4-1-6(8)5-11/h1H,2-5H2. The van der Waals surface area contributed by atoms with E-state index in [0.717, 1.165) is 0 Å². The third kappa shape index (κ3) is 2.79. The fourth-order valence-corrected chi connectivity index (χ4v) is 3.65. The van der Waals surface area contributed by atoms with Gasteiger partial charge in [0.1, 0.15) is 0 Å². The van der Waals surface area contributed by atoms with E-state index in [1.165, 1.54) is 0 Å². The lowest BCUT2D eigenvalue weighted by molar-refractivity contribution is 0.340. The molecule has 0 fully saturated rings. The number of rotatable bonds is 3. The average Bonchev–Trinajstić information content (AvgIpc) is 2.28. The first-order valence-corrected chi connectivity index (χ1v) is 6.20. The third-order valence-corrected chi connectivity index (χ3v) is 4.23. The minimum absolute atomic E-state index is 0.344. The fraction of sp³-hybridized carbons (Fsp3) is 0.667. The molecule has 0 aromatic heterocycles. The summed E-state index contributed by atoms with van der Waals surface area (Å²) in [7, 11) is -2.45. The van der Waals surface area contributed by atoms with E-state index >= 15 is 0 Å². The smallest absolute Gasteiger partial charge is 0.212 e. The molecule has 0 aromatic carbocycles. The maximum atomic E-state index is 11.6. The number of halogens is 2. The fourth-order valence-electron chi connectivity index (χ4n) is 0.897. The van der Waals surface area contributed by atoms with Crippen LogP contribution in [0, 0.1) is 0 Å². The van der Waals surface area contributed by atoms with Crippen molar-refractivity contribution in [1.29, 1.82) is 0 Å². The van der Waals surface area contributed by atoms with Crippen molar-refractivity contribution in [3.63, 3.8) is 0 Å². The molecule has 1 atom stereocenters. The third-order valence-electron chi connectivity index (χ3n) is 1.39. The summed E-state index contributed by atoms with van der Waals surface area (Å²) in [6, 6.07) is 0. The molecule has 0 radical (unpaired) electrons. The SMILES string of the molecule is O=P1(OCCCl)CC=C(Cl)C1. The number of hydrogen-bond acceptors (Lipinski definition) is 2. The molecule has 5 heteroatoms. The van der Waals surface area contributed by atoms with Crippen LogP contribution < -0.4 is 0 Å². The first kappa shape index (κ1) is 9.60. The summed E-state index contributed by atoms with van der Waals surface area (Å²) in [6.07, 6.45) is 2.59. The molecule has 11 heavy (non-hydrogen) atoms. The van der Waals surface area contributed by atoms with E-state index in [-0.39, 0.29) is 0 Å². The Morgan fingerprint density at radius 1 is 1.73 bits per heavy atom. The van der Waals surface area contributed by atoms with E-state index in [1.54, 1.807) is 6.08 Å². The summed E-state index contributed by atoms with van der Waals surface area (Å²) in [6.45, 7) is 0.344. The molecule has 1 heterocycles. The molecule has 0 saturated carbocycles. The lowest BCUT2D eigenvalue weighted by Crippen LogP contribution is -1.96. The minimum atomic E-state index is -2.45. The number of allylic oxidation sites excluding steroid dienone is 2. The summed E-state index contributed by atoms with van der Waals surface area (Å²) in [4.78, 5) is 0. The van der Waals surface area contributed by atoms with Crippen LogP contribution >= 0.6 is 30.6 Å². The molecule has 1 unspecified atom stereocenters. The lowest BCUT2D eigenvalue weighted by atomic mass is 10.6. The Morgan fingerprint density at radius 3 is 2.91 bits per heavy atom.